The normalized spacial score (nSPS) is 14.6. The van der Waals surface area contributed by atoms with Crippen LogP contribution in [0.1, 0.15) is 17.5 Å². The van der Waals surface area contributed by atoms with Crippen molar-refractivity contribution in [2.45, 2.75) is 12.8 Å². The van der Waals surface area contributed by atoms with E-state index in [-0.39, 0.29) is 0 Å². The van der Waals surface area contributed by atoms with Gasteiger partial charge in [-0.25, -0.2) is 8.78 Å². The van der Waals surface area contributed by atoms with Crippen LogP contribution in [0.4, 0.5) is 8.78 Å². The first-order valence-corrected chi connectivity index (χ1v) is 6.23. The predicted molar refractivity (Wildman–Crippen MR) is 69.1 cm³/mol. The Morgan fingerprint density at radius 1 is 1.06 bits per heavy atom. The van der Waals surface area contributed by atoms with Crippen molar-refractivity contribution in [1.82, 2.24) is 0 Å². The van der Waals surface area contributed by atoms with Crippen molar-refractivity contribution >= 4 is 31.2 Å². The first kappa shape index (κ1) is 10.9. The van der Waals surface area contributed by atoms with Gasteiger partial charge in [-0.1, -0.05) is 34.1 Å². The van der Waals surface area contributed by atoms with Crippen molar-refractivity contribution in [2.75, 3.05) is 0 Å². The predicted octanol–water partition coefficient (Wildman–Crippen LogP) is 4.80. The van der Waals surface area contributed by atoms with E-state index in [1.54, 1.807) is 6.07 Å². The molecule has 0 aliphatic heterocycles. The molecule has 0 atom stereocenters. The molecule has 0 N–H and O–H groups in total. The molecule has 86 valence electrons. The van der Waals surface area contributed by atoms with Crippen LogP contribution in [0.5, 0.6) is 0 Å². The molecule has 0 bridgehead atoms. The molecule has 3 rings (SSSR count). The minimum absolute atomic E-state index is 0.492. The summed E-state index contributed by atoms with van der Waals surface area (Å²) in [4.78, 5) is 0. The lowest BCUT2D eigenvalue weighted by Crippen LogP contribution is -1.99. The highest BCUT2D eigenvalue weighted by Crippen LogP contribution is 2.36. The Balaban J connectivity index is 2.42. The second-order valence-corrected chi connectivity index (χ2v) is 5.02. The maximum Gasteiger partial charge on any atom is 0.133 e. The van der Waals surface area contributed by atoms with Crippen LogP contribution in [0.2, 0.25) is 0 Å². The fraction of sp³-hybridized carbons (Fsp3) is 0.143. The second-order valence-electron chi connectivity index (χ2n) is 4.17. The molecule has 17 heavy (non-hydrogen) atoms. The third-order valence-corrected chi connectivity index (χ3v) is 3.89. The summed E-state index contributed by atoms with van der Waals surface area (Å²) in [5, 5.41) is 1.18. The van der Waals surface area contributed by atoms with Gasteiger partial charge in [0.25, 0.3) is 0 Å². The van der Waals surface area contributed by atoms with Gasteiger partial charge in [0.15, 0.2) is 0 Å². The van der Waals surface area contributed by atoms with Crippen molar-refractivity contribution in [2.24, 2.45) is 0 Å². The van der Waals surface area contributed by atoms with Crippen molar-refractivity contribution < 1.29 is 8.78 Å². The number of fused-ring (bicyclic) bond motifs is 3. The number of hydrogen-bond acceptors (Lipinski definition) is 0. The van der Waals surface area contributed by atoms with Crippen molar-refractivity contribution in [1.29, 1.82) is 0 Å². The van der Waals surface area contributed by atoms with Gasteiger partial charge in [0.05, 0.1) is 0 Å². The van der Waals surface area contributed by atoms with E-state index in [1.165, 1.54) is 6.07 Å². The molecule has 0 saturated carbocycles. The lowest BCUT2D eigenvalue weighted by atomic mass is 9.91. The van der Waals surface area contributed by atoms with E-state index in [4.69, 9.17) is 0 Å². The zero-order chi connectivity index (χ0) is 12.0. The molecule has 0 radical (unpaired) electrons. The third kappa shape index (κ3) is 1.69. The van der Waals surface area contributed by atoms with Crippen LogP contribution < -0.4 is 0 Å². The van der Waals surface area contributed by atoms with Gasteiger partial charge >= 0.3 is 0 Å². The molecule has 1 aliphatic rings. The highest BCUT2D eigenvalue weighted by atomic mass is 79.9. The Labute approximate surface area is 106 Å². The molecular formula is C14H9BrF2. The van der Waals surface area contributed by atoms with Gasteiger partial charge in [-0.2, -0.15) is 0 Å². The summed E-state index contributed by atoms with van der Waals surface area (Å²) in [6.07, 6.45) is 3.80. The third-order valence-electron chi connectivity index (χ3n) is 3.14. The maximum atomic E-state index is 13.6. The first-order chi connectivity index (χ1) is 8.16. The molecule has 0 fully saturated rings. The fourth-order valence-corrected chi connectivity index (χ4v) is 2.96. The largest absolute Gasteiger partial charge is 0.207 e. The van der Waals surface area contributed by atoms with E-state index in [0.29, 0.717) is 10.8 Å². The minimum Gasteiger partial charge on any atom is -0.207 e. The molecule has 0 spiro atoms. The van der Waals surface area contributed by atoms with Gasteiger partial charge in [-0.05, 0) is 35.4 Å². The molecule has 0 heterocycles. The zero-order valence-corrected chi connectivity index (χ0v) is 10.5. The monoisotopic (exact) mass is 294 g/mol. The summed E-state index contributed by atoms with van der Waals surface area (Å²) in [6.45, 7) is 0. The van der Waals surface area contributed by atoms with Crippen LogP contribution in [0.15, 0.2) is 30.3 Å². The van der Waals surface area contributed by atoms with Crippen molar-refractivity contribution in [3.8, 4) is 0 Å². The van der Waals surface area contributed by atoms with E-state index in [1.807, 2.05) is 6.07 Å². The van der Waals surface area contributed by atoms with Crippen LogP contribution >= 0.6 is 15.9 Å². The summed E-state index contributed by atoms with van der Waals surface area (Å²) in [6, 6.07) is 5.95. The van der Waals surface area contributed by atoms with Gasteiger partial charge < -0.3 is 0 Å². The summed E-state index contributed by atoms with van der Waals surface area (Å²) in [7, 11) is 0. The lowest BCUT2D eigenvalue weighted by Gasteiger charge is -2.16. The number of allylic oxidation sites excluding steroid dienone is 1. The van der Waals surface area contributed by atoms with E-state index in [2.05, 4.69) is 22.0 Å². The van der Waals surface area contributed by atoms with Gasteiger partial charge in [0, 0.05) is 15.9 Å². The SMILES string of the molecule is Fc1cc(F)c2ccc3c(c2c1)CCC=C3Br. The Bertz CT molecular complexity index is 644. The molecule has 0 aromatic heterocycles. The highest BCUT2D eigenvalue weighted by Gasteiger charge is 2.15. The van der Waals surface area contributed by atoms with Crippen LogP contribution in [0.25, 0.3) is 15.3 Å². The van der Waals surface area contributed by atoms with Crippen LogP contribution in [0, 0.1) is 11.6 Å². The quantitative estimate of drug-likeness (QED) is 0.655. The molecule has 0 amide bonds. The Morgan fingerprint density at radius 3 is 2.71 bits per heavy atom. The molecule has 0 saturated heterocycles. The van der Waals surface area contributed by atoms with E-state index >= 15 is 0 Å². The van der Waals surface area contributed by atoms with Crippen LogP contribution in [-0.2, 0) is 6.42 Å². The van der Waals surface area contributed by atoms with E-state index < -0.39 is 11.6 Å². The standard InChI is InChI=1S/C14H9BrF2/c15-13-3-1-2-9-10(13)4-5-11-12(9)6-8(16)7-14(11)17/h3-7H,1-2H2. The minimum atomic E-state index is -0.519. The number of aryl methyl sites for hydroxylation is 1. The smallest absolute Gasteiger partial charge is 0.133 e. The molecule has 0 nitrogen and oxygen atoms in total. The van der Waals surface area contributed by atoms with Gasteiger partial charge in [-0.3, -0.25) is 0 Å². The number of rotatable bonds is 0. The topological polar surface area (TPSA) is 0 Å². The van der Waals surface area contributed by atoms with Crippen molar-refractivity contribution in [3.63, 3.8) is 0 Å². The molecule has 0 unspecified atom stereocenters. The summed E-state index contributed by atoms with van der Waals surface area (Å²) < 4.78 is 28.0. The van der Waals surface area contributed by atoms with Crippen molar-refractivity contribution in [3.05, 3.63) is 53.1 Å². The first-order valence-electron chi connectivity index (χ1n) is 5.43. The Kier molecular flexibility index (Phi) is 2.51. The molecular weight excluding hydrogens is 286 g/mol. The van der Waals surface area contributed by atoms with Crippen LogP contribution in [-0.4, -0.2) is 0 Å². The van der Waals surface area contributed by atoms with Gasteiger partial charge in [0.1, 0.15) is 11.6 Å². The molecule has 1 aliphatic carbocycles. The summed E-state index contributed by atoms with van der Waals surface area (Å²) >= 11 is 3.48. The van der Waals surface area contributed by atoms with Crippen LogP contribution in [0.3, 0.4) is 0 Å². The number of halogens is 3. The molecule has 2 aromatic carbocycles. The zero-order valence-electron chi connectivity index (χ0n) is 8.93. The average Bonchev–Trinajstić information content (AvgIpc) is 2.29. The Hall–Kier alpha value is -1.22. The maximum absolute atomic E-state index is 13.6. The number of hydrogen-bond donors (Lipinski definition) is 0. The van der Waals surface area contributed by atoms with E-state index in [0.717, 1.165) is 34.5 Å². The fourth-order valence-electron chi connectivity index (χ4n) is 2.36. The lowest BCUT2D eigenvalue weighted by molar-refractivity contribution is 0.592. The Morgan fingerprint density at radius 2 is 1.88 bits per heavy atom. The number of benzene rings is 2. The highest BCUT2D eigenvalue weighted by molar-refractivity contribution is 9.15. The van der Waals surface area contributed by atoms with Gasteiger partial charge in [0.2, 0.25) is 0 Å². The summed E-state index contributed by atoms with van der Waals surface area (Å²) in [5.41, 5.74) is 2.06. The van der Waals surface area contributed by atoms with E-state index in [9.17, 15) is 8.78 Å². The second kappa shape index (κ2) is 3.91. The average molecular weight is 295 g/mol. The summed E-state index contributed by atoms with van der Waals surface area (Å²) in [5.74, 6) is -1.01. The molecule has 3 heteroatoms. The van der Waals surface area contributed by atoms with Gasteiger partial charge in [-0.15, -0.1) is 0 Å². The molecule has 2 aromatic rings.